The summed E-state index contributed by atoms with van der Waals surface area (Å²) < 4.78 is 0. The Hall–Kier alpha value is -3.72. The van der Waals surface area contributed by atoms with Crippen molar-refractivity contribution in [2.75, 3.05) is 10.6 Å². The second kappa shape index (κ2) is 11.6. The van der Waals surface area contributed by atoms with Crippen LogP contribution in [0.3, 0.4) is 0 Å². The number of nitrogens with one attached hydrogen (secondary N) is 2. The second-order valence-electron chi connectivity index (χ2n) is 8.26. The highest BCUT2D eigenvalue weighted by Gasteiger charge is 2.23. The molecule has 2 amide bonds. The zero-order valence-electron chi connectivity index (χ0n) is 19.9. The Kier molecular flexibility index (Phi) is 7.79. The highest BCUT2D eigenvalue weighted by Crippen LogP contribution is 2.37. The molecule has 0 saturated carbocycles. The van der Waals surface area contributed by atoms with Crippen molar-refractivity contribution in [1.29, 1.82) is 0 Å². The van der Waals surface area contributed by atoms with Crippen LogP contribution in [0.2, 0.25) is 0 Å². The number of hydrogen-bond acceptors (Lipinski definition) is 6. The number of carbonyl (C=O) groups excluding carboxylic acids is 2. The predicted molar refractivity (Wildman–Crippen MR) is 155 cm³/mol. The molecule has 0 radical (unpaired) electrons. The lowest BCUT2D eigenvalue weighted by Crippen LogP contribution is -2.19. The van der Waals surface area contributed by atoms with E-state index in [2.05, 4.69) is 15.6 Å². The number of nitrogens with zero attached hydrogens (tertiary/aromatic N) is 1. The molecule has 0 aliphatic rings. The van der Waals surface area contributed by atoms with Crippen LogP contribution in [0, 0.1) is 6.92 Å². The average Bonchev–Trinajstić information content (AvgIpc) is 3.62. The Morgan fingerprint density at radius 1 is 0.838 bits per heavy atom. The molecule has 3 aromatic carbocycles. The smallest absolute Gasteiger partial charge is 0.265 e. The van der Waals surface area contributed by atoms with E-state index in [1.54, 1.807) is 6.07 Å². The summed E-state index contributed by atoms with van der Waals surface area (Å²) in [7, 11) is 0. The van der Waals surface area contributed by atoms with Gasteiger partial charge in [-0.1, -0.05) is 66.2 Å². The standard InChI is InChI=1S/C29H23N3O2S3/c1-19-9-11-20(12-10-19)24-18-36-29(31-24)32-28(34)26(21-6-3-2-4-7-21)37-23-15-13-22(14-16-23)30-27(33)25-8-5-17-35-25/h2-18,26H,1H3,(H,30,33)(H,31,32,34). The second-order valence-corrected chi connectivity index (χ2v) is 11.2. The van der Waals surface area contributed by atoms with Crippen LogP contribution in [-0.4, -0.2) is 16.8 Å². The Morgan fingerprint density at radius 2 is 1.59 bits per heavy atom. The lowest BCUT2D eigenvalue weighted by Gasteiger charge is -2.16. The van der Waals surface area contributed by atoms with Crippen LogP contribution in [0.5, 0.6) is 0 Å². The van der Waals surface area contributed by atoms with Gasteiger partial charge in [0.05, 0.1) is 10.6 Å². The van der Waals surface area contributed by atoms with Crippen LogP contribution in [-0.2, 0) is 4.79 Å². The number of aromatic nitrogens is 1. The molecule has 5 nitrogen and oxygen atoms in total. The number of hydrogen-bond donors (Lipinski definition) is 2. The Morgan fingerprint density at radius 3 is 2.30 bits per heavy atom. The summed E-state index contributed by atoms with van der Waals surface area (Å²) >= 11 is 4.26. The van der Waals surface area contributed by atoms with Crippen molar-refractivity contribution in [3.8, 4) is 11.3 Å². The van der Waals surface area contributed by atoms with Crippen molar-refractivity contribution >= 4 is 57.1 Å². The first-order chi connectivity index (χ1) is 18.0. The summed E-state index contributed by atoms with van der Waals surface area (Å²) in [6.07, 6.45) is 0. The van der Waals surface area contributed by atoms with Gasteiger partial charge in [-0.05, 0) is 48.2 Å². The monoisotopic (exact) mass is 541 g/mol. The van der Waals surface area contributed by atoms with Gasteiger partial charge in [0.25, 0.3) is 5.91 Å². The number of thioether (sulfide) groups is 1. The molecule has 0 fully saturated rings. The molecule has 184 valence electrons. The number of benzene rings is 3. The largest absolute Gasteiger partial charge is 0.321 e. The molecule has 5 aromatic rings. The van der Waals surface area contributed by atoms with Crippen LogP contribution < -0.4 is 10.6 Å². The molecule has 0 saturated heterocycles. The number of amides is 2. The highest BCUT2D eigenvalue weighted by atomic mass is 32.2. The lowest BCUT2D eigenvalue weighted by molar-refractivity contribution is -0.115. The molecule has 1 atom stereocenters. The van der Waals surface area contributed by atoms with Gasteiger partial charge in [-0.25, -0.2) is 4.98 Å². The van der Waals surface area contributed by atoms with Gasteiger partial charge < -0.3 is 10.6 Å². The highest BCUT2D eigenvalue weighted by molar-refractivity contribution is 8.00. The Labute approximate surface area is 227 Å². The molecule has 0 aliphatic heterocycles. The number of thiophene rings is 1. The number of aryl methyl sites for hydroxylation is 1. The summed E-state index contributed by atoms with van der Waals surface area (Å²) in [6.45, 7) is 2.05. The molecule has 1 unspecified atom stereocenters. The van der Waals surface area contributed by atoms with E-state index in [0.29, 0.717) is 15.7 Å². The van der Waals surface area contributed by atoms with Gasteiger partial charge in [0, 0.05) is 21.5 Å². The molecule has 37 heavy (non-hydrogen) atoms. The van der Waals surface area contributed by atoms with E-state index in [4.69, 9.17) is 0 Å². The molecule has 2 heterocycles. The molecule has 0 spiro atoms. The van der Waals surface area contributed by atoms with Crippen molar-refractivity contribution in [3.05, 3.63) is 118 Å². The third-order valence-electron chi connectivity index (χ3n) is 5.53. The summed E-state index contributed by atoms with van der Waals surface area (Å²) in [5.41, 5.74) is 4.64. The molecule has 2 aromatic heterocycles. The van der Waals surface area contributed by atoms with Crippen LogP contribution in [0.1, 0.15) is 26.0 Å². The minimum absolute atomic E-state index is 0.134. The Balaban J connectivity index is 1.30. The van der Waals surface area contributed by atoms with Crippen molar-refractivity contribution in [2.45, 2.75) is 17.1 Å². The first-order valence-electron chi connectivity index (χ1n) is 11.5. The fraction of sp³-hybridized carbons (Fsp3) is 0.0690. The fourth-order valence-corrected chi connectivity index (χ4v) is 5.98. The zero-order valence-corrected chi connectivity index (χ0v) is 22.3. The van der Waals surface area contributed by atoms with Crippen LogP contribution in [0.25, 0.3) is 11.3 Å². The van der Waals surface area contributed by atoms with Crippen molar-refractivity contribution in [2.24, 2.45) is 0 Å². The van der Waals surface area contributed by atoms with Crippen LogP contribution in [0.15, 0.2) is 107 Å². The van der Waals surface area contributed by atoms with Gasteiger partial charge in [-0.2, -0.15) is 0 Å². The minimum atomic E-state index is -0.473. The van der Waals surface area contributed by atoms with E-state index >= 15 is 0 Å². The van der Waals surface area contributed by atoms with Gasteiger partial charge >= 0.3 is 0 Å². The SMILES string of the molecule is Cc1ccc(-c2csc(NC(=O)C(Sc3ccc(NC(=O)c4cccs4)cc3)c3ccccc3)n2)cc1. The van der Waals surface area contributed by atoms with Gasteiger partial charge in [-0.15, -0.1) is 34.4 Å². The average molecular weight is 542 g/mol. The third kappa shape index (κ3) is 6.35. The number of anilines is 2. The normalized spacial score (nSPS) is 11.6. The molecular weight excluding hydrogens is 519 g/mol. The van der Waals surface area contributed by atoms with Gasteiger partial charge in [0.1, 0.15) is 5.25 Å². The predicted octanol–water partition coefficient (Wildman–Crippen LogP) is 7.90. The van der Waals surface area contributed by atoms with E-state index < -0.39 is 5.25 Å². The Bertz CT molecular complexity index is 1480. The van der Waals surface area contributed by atoms with Crippen molar-refractivity contribution in [3.63, 3.8) is 0 Å². The molecular formula is C29H23N3O2S3. The van der Waals surface area contributed by atoms with Crippen LogP contribution >= 0.6 is 34.4 Å². The maximum Gasteiger partial charge on any atom is 0.265 e. The summed E-state index contributed by atoms with van der Waals surface area (Å²) in [6, 6.07) is 29.0. The van der Waals surface area contributed by atoms with Gasteiger partial charge in [0.2, 0.25) is 5.91 Å². The molecule has 5 rings (SSSR count). The number of thiazole rings is 1. The third-order valence-corrected chi connectivity index (χ3v) is 8.43. The quantitative estimate of drug-likeness (QED) is 0.196. The maximum absolute atomic E-state index is 13.4. The number of carbonyl (C=O) groups is 2. The van der Waals surface area contributed by atoms with Crippen molar-refractivity contribution < 1.29 is 9.59 Å². The summed E-state index contributed by atoms with van der Waals surface area (Å²) in [5.74, 6) is -0.276. The van der Waals surface area contributed by atoms with Crippen LogP contribution in [0.4, 0.5) is 10.8 Å². The zero-order chi connectivity index (χ0) is 25.6. The summed E-state index contributed by atoms with van der Waals surface area (Å²) in [5, 5.41) is 9.83. The topological polar surface area (TPSA) is 71.1 Å². The molecule has 0 aliphatic carbocycles. The number of rotatable bonds is 8. The van der Waals surface area contributed by atoms with E-state index in [0.717, 1.165) is 21.7 Å². The lowest BCUT2D eigenvalue weighted by atomic mass is 10.1. The first-order valence-corrected chi connectivity index (χ1v) is 14.2. The van der Waals surface area contributed by atoms with Gasteiger partial charge in [-0.3, -0.25) is 9.59 Å². The van der Waals surface area contributed by atoms with Crippen molar-refractivity contribution in [1.82, 2.24) is 4.98 Å². The van der Waals surface area contributed by atoms with E-state index in [9.17, 15) is 9.59 Å². The van der Waals surface area contributed by atoms with E-state index in [-0.39, 0.29) is 11.8 Å². The molecule has 8 heteroatoms. The van der Waals surface area contributed by atoms with E-state index in [1.165, 1.54) is 40.0 Å². The van der Waals surface area contributed by atoms with Gasteiger partial charge in [0.15, 0.2) is 5.13 Å². The summed E-state index contributed by atoms with van der Waals surface area (Å²) in [4.78, 5) is 32.0. The minimum Gasteiger partial charge on any atom is -0.321 e. The molecule has 2 N–H and O–H groups in total. The molecule has 0 bridgehead atoms. The van der Waals surface area contributed by atoms with E-state index in [1.807, 2.05) is 103 Å². The fourth-order valence-electron chi connectivity index (χ4n) is 3.61. The maximum atomic E-state index is 13.4. The first kappa shape index (κ1) is 25.0.